The third kappa shape index (κ3) is 1.73. The number of hydrogen-bond donors (Lipinski definition) is 1. The lowest BCUT2D eigenvalue weighted by Crippen LogP contribution is -2.10. The lowest BCUT2D eigenvalue weighted by molar-refractivity contribution is 0.507. The van der Waals surface area contributed by atoms with Gasteiger partial charge < -0.3 is 5.32 Å². The molecule has 0 radical (unpaired) electrons. The molecule has 1 aliphatic rings. The number of halogens is 2. The van der Waals surface area contributed by atoms with Crippen molar-refractivity contribution in [2.45, 2.75) is 26.3 Å². The smallest absolute Gasteiger partial charge is 0.183 e. The third-order valence-corrected chi connectivity index (χ3v) is 3.05. The quantitative estimate of drug-likeness (QED) is 0.834. The summed E-state index contributed by atoms with van der Waals surface area (Å²) in [6, 6.07) is 4.48. The maximum absolute atomic E-state index is 13.5. The molecule has 2 rings (SSSR count). The van der Waals surface area contributed by atoms with Crippen molar-refractivity contribution in [1.82, 2.24) is 0 Å². The van der Waals surface area contributed by atoms with Crippen LogP contribution in [0.5, 0.6) is 0 Å². The van der Waals surface area contributed by atoms with Gasteiger partial charge in [0.2, 0.25) is 0 Å². The van der Waals surface area contributed by atoms with Crippen LogP contribution in [0.2, 0.25) is 0 Å². The Hall–Kier alpha value is -1.63. The van der Waals surface area contributed by atoms with Gasteiger partial charge in [-0.1, -0.05) is 13.8 Å². The Kier molecular flexibility index (Phi) is 2.34. The lowest BCUT2D eigenvalue weighted by atomic mass is 10.1. The third-order valence-electron chi connectivity index (χ3n) is 3.05. The highest BCUT2D eigenvalue weighted by atomic mass is 19.2. The van der Waals surface area contributed by atoms with Gasteiger partial charge in [-0.2, -0.15) is 5.26 Å². The summed E-state index contributed by atoms with van der Waals surface area (Å²) in [5.41, 5.74) is 0.00164. The Morgan fingerprint density at radius 2 is 2.00 bits per heavy atom. The molecule has 1 aromatic rings. The molecule has 0 spiro atoms. The highest BCUT2D eigenvalue weighted by Gasteiger charge is 2.46. The van der Waals surface area contributed by atoms with Crippen LogP contribution in [0.1, 0.15) is 25.8 Å². The number of anilines is 1. The van der Waals surface area contributed by atoms with Gasteiger partial charge in [0.1, 0.15) is 6.07 Å². The maximum Gasteiger partial charge on any atom is 0.183 e. The summed E-state index contributed by atoms with van der Waals surface area (Å²) in [6.45, 7) is 4.12. The molecule has 4 heteroatoms. The fourth-order valence-electron chi connectivity index (χ4n) is 1.65. The largest absolute Gasteiger partial charge is 0.379 e. The molecule has 1 unspecified atom stereocenters. The first-order chi connectivity index (χ1) is 7.45. The zero-order valence-electron chi connectivity index (χ0n) is 9.14. The van der Waals surface area contributed by atoms with Crippen molar-refractivity contribution >= 4 is 5.69 Å². The SMILES string of the molecule is CC1(C)CC1Nc1ccc(C#N)c(F)c1F. The van der Waals surface area contributed by atoms with Crippen molar-refractivity contribution in [2.75, 3.05) is 5.32 Å². The minimum atomic E-state index is -1.08. The second-order valence-electron chi connectivity index (χ2n) is 4.79. The number of hydrogen-bond acceptors (Lipinski definition) is 2. The van der Waals surface area contributed by atoms with Gasteiger partial charge in [0.15, 0.2) is 11.6 Å². The van der Waals surface area contributed by atoms with Crippen molar-refractivity contribution in [3.8, 4) is 6.07 Å². The zero-order valence-corrected chi connectivity index (χ0v) is 9.14. The Morgan fingerprint density at radius 3 is 2.50 bits per heavy atom. The molecule has 0 saturated heterocycles. The molecular weight excluding hydrogens is 210 g/mol. The van der Waals surface area contributed by atoms with Crippen LogP contribution in [0, 0.1) is 28.4 Å². The van der Waals surface area contributed by atoms with Crippen molar-refractivity contribution in [1.29, 1.82) is 5.26 Å². The summed E-state index contributed by atoms with van der Waals surface area (Å²) < 4.78 is 26.8. The van der Waals surface area contributed by atoms with E-state index >= 15 is 0 Å². The summed E-state index contributed by atoms with van der Waals surface area (Å²) in [5, 5.41) is 11.5. The fraction of sp³-hybridized carbons (Fsp3) is 0.417. The van der Waals surface area contributed by atoms with E-state index in [0.29, 0.717) is 0 Å². The van der Waals surface area contributed by atoms with Crippen LogP contribution >= 0.6 is 0 Å². The van der Waals surface area contributed by atoms with E-state index in [1.807, 2.05) is 0 Å². The van der Waals surface area contributed by atoms with E-state index < -0.39 is 11.6 Å². The van der Waals surface area contributed by atoms with Crippen LogP contribution < -0.4 is 5.32 Å². The molecule has 84 valence electrons. The highest BCUT2D eigenvalue weighted by molar-refractivity contribution is 5.51. The van der Waals surface area contributed by atoms with E-state index in [2.05, 4.69) is 19.2 Å². The van der Waals surface area contributed by atoms with Crippen LogP contribution in [-0.4, -0.2) is 6.04 Å². The molecule has 0 amide bonds. The van der Waals surface area contributed by atoms with Gasteiger partial charge in [0, 0.05) is 6.04 Å². The average Bonchev–Trinajstić information content (AvgIpc) is 2.82. The second-order valence-corrected chi connectivity index (χ2v) is 4.79. The molecule has 1 N–H and O–H groups in total. The summed E-state index contributed by atoms with van der Waals surface area (Å²) in [7, 11) is 0. The van der Waals surface area contributed by atoms with Crippen molar-refractivity contribution in [3.63, 3.8) is 0 Å². The van der Waals surface area contributed by atoms with Crippen molar-refractivity contribution < 1.29 is 8.78 Å². The van der Waals surface area contributed by atoms with Gasteiger partial charge in [-0.3, -0.25) is 0 Å². The first-order valence-electron chi connectivity index (χ1n) is 5.10. The molecule has 0 aromatic heterocycles. The Morgan fingerprint density at radius 1 is 1.38 bits per heavy atom. The van der Waals surface area contributed by atoms with Gasteiger partial charge in [0.25, 0.3) is 0 Å². The second kappa shape index (κ2) is 3.44. The van der Waals surface area contributed by atoms with Crippen LogP contribution in [0.15, 0.2) is 12.1 Å². The molecule has 1 aromatic carbocycles. The molecule has 1 aliphatic carbocycles. The van der Waals surface area contributed by atoms with E-state index in [1.165, 1.54) is 12.1 Å². The Balaban J connectivity index is 2.24. The molecule has 1 saturated carbocycles. The van der Waals surface area contributed by atoms with Crippen LogP contribution in [-0.2, 0) is 0 Å². The van der Waals surface area contributed by atoms with E-state index in [1.54, 1.807) is 6.07 Å². The zero-order chi connectivity index (χ0) is 11.9. The predicted molar refractivity (Wildman–Crippen MR) is 56.9 cm³/mol. The normalized spacial score (nSPS) is 21.3. The van der Waals surface area contributed by atoms with E-state index in [-0.39, 0.29) is 22.7 Å². The van der Waals surface area contributed by atoms with E-state index in [9.17, 15) is 8.78 Å². The van der Waals surface area contributed by atoms with Crippen LogP contribution in [0.25, 0.3) is 0 Å². The molecule has 2 nitrogen and oxygen atoms in total. The molecule has 1 atom stereocenters. The van der Waals surface area contributed by atoms with Crippen molar-refractivity contribution in [2.24, 2.45) is 5.41 Å². The van der Waals surface area contributed by atoms with Crippen LogP contribution in [0.3, 0.4) is 0 Å². The monoisotopic (exact) mass is 222 g/mol. The van der Waals surface area contributed by atoms with Gasteiger partial charge in [-0.05, 0) is 24.0 Å². The fourth-order valence-corrected chi connectivity index (χ4v) is 1.65. The average molecular weight is 222 g/mol. The molecular formula is C12H12F2N2. The first-order valence-corrected chi connectivity index (χ1v) is 5.10. The molecule has 1 fully saturated rings. The predicted octanol–water partition coefficient (Wildman–Crippen LogP) is 3.05. The summed E-state index contributed by atoms with van der Waals surface area (Å²) in [6.07, 6.45) is 0.939. The number of benzene rings is 1. The molecule has 0 aliphatic heterocycles. The topological polar surface area (TPSA) is 35.8 Å². The maximum atomic E-state index is 13.5. The molecule has 0 heterocycles. The lowest BCUT2D eigenvalue weighted by Gasteiger charge is -2.09. The Bertz CT molecular complexity index is 475. The molecule has 16 heavy (non-hydrogen) atoms. The minimum Gasteiger partial charge on any atom is -0.379 e. The first kappa shape index (κ1) is 10.9. The summed E-state index contributed by atoms with van der Waals surface area (Å²) in [4.78, 5) is 0. The van der Waals surface area contributed by atoms with Gasteiger partial charge >= 0.3 is 0 Å². The van der Waals surface area contributed by atoms with E-state index in [0.717, 1.165) is 6.42 Å². The number of nitriles is 1. The van der Waals surface area contributed by atoms with Crippen molar-refractivity contribution in [3.05, 3.63) is 29.3 Å². The summed E-state index contributed by atoms with van der Waals surface area (Å²) in [5.74, 6) is -2.05. The summed E-state index contributed by atoms with van der Waals surface area (Å²) >= 11 is 0. The van der Waals surface area contributed by atoms with Gasteiger partial charge in [-0.25, -0.2) is 8.78 Å². The number of rotatable bonds is 2. The standard InChI is InChI=1S/C12H12F2N2/c1-12(2)5-9(12)16-8-4-3-7(6-15)10(13)11(8)14/h3-4,9,16H,5H2,1-2H3. The number of nitrogens with one attached hydrogen (secondary N) is 1. The molecule has 0 bridgehead atoms. The van der Waals surface area contributed by atoms with E-state index in [4.69, 9.17) is 5.26 Å². The van der Waals surface area contributed by atoms with Gasteiger partial charge in [0.05, 0.1) is 11.3 Å². The van der Waals surface area contributed by atoms with Crippen LogP contribution in [0.4, 0.5) is 14.5 Å². The highest BCUT2D eigenvalue weighted by Crippen LogP contribution is 2.46. The Labute approximate surface area is 92.9 Å². The van der Waals surface area contributed by atoms with Gasteiger partial charge in [-0.15, -0.1) is 0 Å². The number of nitrogens with zero attached hydrogens (tertiary/aromatic N) is 1. The minimum absolute atomic E-state index is 0.132.